The summed E-state index contributed by atoms with van der Waals surface area (Å²) in [4.78, 5) is 2.65. The number of hydrogen-bond donors (Lipinski definition) is 0. The summed E-state index contributed by atoms with van der Waals surface area (Å²) in [7, 11) is 0. The number of benzene rings is 1. The van der Waals surface area contributed by atoms with Crippen molar-refractivity contribution in [2.75, 3.05) is 19.6 Å². The first-order chi connectivity index (χ1) is 12.8. The number of hydrogen-bond acceptors (Lipinski definition) is 1. The SMILES string of the molecule is CCCN(CCC)CCCCCCCCCCCCc1ccccc1C. The second-order valence-corrected chi connectivity index (χ2v) is 8.05. The first-order valence-corrected chi connectivity index (χ1v) is 11.5. The van der Waals surface area contributed by atoms with E-state index in [0.717, 1.165) is 0 Å². The van der Waals surface area contributed by atoms with Crippen LogP contribution in [0.4, 0.5) is 0 Å². The van der Waals surface area contributed by atoms with Gasteiger partial charge < -0.3 is 4.90 Å². The van der Waals surface area contributed by atoms with Crippen LogP contribution in [-0.4, -0.2) is 24.5 Å². The van der Waals surface area contributed by atoms with Gasteiger partial charge >= 0.3 is 0 Å². The minimum Gasteiger partial charge on any atom is -0.303 e. The van der Waals surface area contributed by atoms with Gasteiger partial charge in [0.25, 0.3) is 0 Å². The maximum Gasteiger partial charge on any atom is -0.00187 e. The van der Waals surface area contributed by atoms with Crippen molar-refractivity contribution in [2.24, 2.45) is 0 Å². The lowest BCUT2D eigenvalue weighted by Crippen LogP contribution is -2.26. The Morgan fingerprint density at radius 2 is 1.12 bits per heavy atom. The summed E-state index contributed by atoms with van der Waals surface area (Å²) in [5.41, 5.74) is 3.00. The molecule has 1 aromatic carbocycles. The minimum atomic E-state index is 1.26. The summed E-state index contributed by atoms with van der Waals surface area (Å²) in [5, 5.41) is 0. The van der Waals surface area contributed by atoms with Crippen LogP contribution in [0.5, 0.6) is 0 Å². The van der Waals surface area contributed by atoms with E-state index in [4.69, 9.17) is 0 Å². The van der Waals surface area contributed by atoms with Crippen LogP contribution in [0.3, 0.4) is 0 Å². The molecule has 0 radical (unpaired) electrons. The Morgan fingerprint density at radius 3 is 1.65 bits per heavy atom. The molecule has 0 N–H and O–H groups in total. The molecule has 26 heavy (non-hydrogen) atoms. The Hall–Kier alpha value is -0.820. The van der Waals surface area contributed by atoms with Gasteiger partial charge in [0.2, 0.25) is 0 Å². The van der Waals surface area contributed by atoms with Crippen molar-refractivity contribution in [1.82, 2.24) is 4.90 Å². The van der Waals surface area contributed by atoms with E-state index in [2.05, 4.69) is 49.9 Å². The van der Waals surface area contributed by atoms with Crippen molar-refractivity contribution >= 4 is 0 Å². The van der Waals surface area contributed by atoms with Crippen molar-refractivity contribution in [3.63, 3.8) is 0 Å². The van der Waals surface area contributed by atoms with Gasteiger partial charge in [-0.05, 0) is 69.8 Å². The molecule has 1 nitrogen and oxygen atoms in total. The molecule has 0 fully saturated rings. The molecule has 1 aromatic rings. The largest absolute Gasteiger partial charge is 0.303 e. The van der Waals surface area contributed by atoms with Crippen LogP contribution in [-0.2, 0) is 6.42 Å². The van der Waals surface area contributed by atoms with Crippen molar-refractivity contribution in [1.29, 1.82) is 0 Å². The highest BCUT2D eigenvalue weighted by Gasteiger charge is 2.01. The second-order valence-electron chi connectivity index (χ2n) is 8.05. The Kier molecular flexibility index (Phi) is 14.6. The standard InChI is InChI=1S/C25H45N/c1-4-21-26(22-5-2)23-17-13-11-9-7-6-8-10-12-14-19-25-20-16-15-18-24(25)3/h15-16,18,20H,4-14,17,19,21-23H2,1-3H3. The topological polar surface area (TPSA) is 3.24 Å². The lowest BCUT2D eigenvalue weighted by Gasteiger charge is -2.20. The molecule has 0 aromatic heterocycles. The maximum atomic E-state index is 2.65. The molecule has 1 heteroatoms. The monoisotopic (exact) mass is 359 g/mol. The molecule has 0 atom stereocenters. The van der Waals surface area contributed by atoms with Gasteiger partial charge in [0.15, 0.2) is 0 Å². The van der Waals surface area contributed by atoms with Crippen molar-refractivity contribution in [3.05, 3.63) is 35.4 Å². The smallest absolute Gasteiger partial charge is 0.00187 e. The summed E-state index contributed by atoms with van der Waals surface area (Å²) in [6, 6.07) is 8.85. The van der Waals surface area contributed by atoms with E-state index in [1.807, 2.05) is 0 Å². The van der Waals surface area contributed by atoms with Gasteiger partial charge in [0, 0.05) is 0 Å². The van der Waals surface area contributed by atoms with Crippen molar-refractivity contribution in [2.45, 2.75) is 104 Å². The van der Waals surface area contributed by atoms with E-state index in [0.29, 0.717) is 0 Å². The summed E-state index contributed by atoms with van der Waals surface area (Å²) < 4.78 is 0. The van der Waals surface area contributed by atoms with Crippen molar-refractivity contribution < 1.29 is 0 Å². The Labute approximate surface area is 164 Å². The first kappa shape index (κ1) is 23.2. The normalized spacial score (nSPS) is 11.4. The van der Waals surface area contributed by atoms with Crippen LogP contribution in [0.25, 0.3) is 0 Å². The zero-order valence-electron chi connectivity index (χ0n) is 18.1. The first-order valence-electron chi connectivity index (χ1n) is 11.5. The summed E-state index contributed by atoms with van der Waals surface area (Å²) >= 11 is 0. The lowest BCUT2D eigenvalue weighted by molar-refractivity contribution is 0.267. The third kappa shape index (κ3) is 11.7. The van der Waals surface area contributed by atoms with E-state index in [-0.39, 0.29) is 0 Å². The van der Waals surface area contributed by atoms with Crippen LogP contribution in [0, 0.1) is 6.92 Å². The molecule has 0 aliphatic carbocycles. The zero-order chi connectivity index (χ0) is 18.9. The fourth-order valence-corrected chi connectivity index (χ4v) is 3.92. The molecule has 0 aliphatic rings. The highest BCUT2D eigenvalue weighted by atomic mass is 15.1. The van der Waals surface area contributed by atoms with Crippen LogP contribution in [0.15, 0.2) is 24.3 Å². The summed E-state index contributed by atoms with van der Waals surface area (Å²) in [6.45, 7) is 10.7. The molecule has 0 saturated carbocycles. The van der Waals surface area contributed by atoms with Crippen LogP contribution in [0.1, 0.15) is 102 Å². The van der Waals surface area contributed by atoms with E-state index in [9.17, 15) is 0 Å². The predicted molar refractivity (Wildman–Crippen MR) is 118 cm³/mol. The van der Waals surface area contributed by atoms with Gasteiger partial charge in [0.1, 0.15) is 0 Å². The van der Waals surface area contributed by atoms with Crippen molar-refractivity contribution in [3.8, 4) is 0 Å². The average Bonchev–Trinajstić information content (AvgIpc) is 2.64. The van der Waals surface area contributed by atoms with Gasteiger partial charge in [-0.2, -0.15) is 0 Å². The third-order valence-corrected chi connectivity index (χ3v) is 5.51. The predicted octanol–water partition coefficient (Wildman–Crippen LogP) is 7.56. The Bertz CT molecular complexity index is 420. The van der Waals surface area contributed by atoms with Gasteiger partial charge in [-0.1, -0.05) is 89.5 Å². The number of rotatable bonds is 17. The zero-order valence-corrected chi connectivity index (χ0v) is 18.1. The molecule has 0 spiro atoms. The summed E-state index contributed by atoms with van der Waals surface area (Å²) in [6.07, 6.45) is 18.1. The Balaban J connectivity index is 1.85. The van der Waals surface area contributed by atoms with E-state index in [1.165, 1.54) is 109 Å². The van der Waals surface area contributed by atoms with Gasteiger partial charge in [-0.3, -0.25) is 0 Å². The summed E-state index contributed by atoms with van der Waals surface area (Å²) in [5.74, 6) is 0. The molecule has 150 valence electrons. The molecule has 1 rings (SSSR count). The highest BCUT2D eigenvalue weighted by Crippen LogP contribution is 2.14. The molecule has 0 bridgehead atoms. The maximum absolute atomic E-state index is 2.65. The molecule has 0 aliphatic heterocycles. The van der Waals surface area contributed by atoms with Crippen LogP contribution < -0.4 is 0 Å². The van der Waals surface area contributed by atoms with Gasteiger partial charge in [0.05, 0.1) is 0 Å². The molecule has 0 amide bonds. The quantitative estimate of drug-likeness (QED) is 0.259. The van der Waals surface area contributed by atoms with Crippen LogP contribution >= 0.6 is 0 Å². The third-order valence-electron chi connectivity index (χ3n) is 5.51. The second kappa shape index (κ2) is 16.4. The highest BCUT2D eigenvalue weighted by molar-refractivity contribution is 5.25. The Morgan fingerprint density at radius 1 is 0.615 bits per heavy atom. The van der Waals surface area contributed by atoms with E-state index >= 15 is 0 Å². The lowest BCUT2D eigenvalue weighted by atomic mass is 10.0. The molecule has 0 saturated heterocycles. The number of unbranched alkanes of at least 4 members (excludes halogenated alkanes) is 9. The molecule has 0 heterocycles. The molecule has 0 unspecified atom stereocenters. The van der Waals surface area contributed by atoms with Gasteiger partial charge in [-0.15, -0.1) is 0 Å². The molecular formula is C25H45N. The van der Waals surface area contributed by atoms with Gasteiger partial charge in [-0.25, -0.2) is 0 Å². The average molecular weight is 360 g/mol. The fraction of sp³-hybridized carbons (Fsp3) is 0.760. The number of nitrogens with zero attached hydrogens (tertiary/aromatic N) is 1. The van der Waals surface area contributed by atoms with E-state index < -0.39 is 0 Å². The van der Waals surface area contributed by atoms with Crippen LogP contribution in [0.2, 0.25) is 0 Å². The van der Waals surface area contributed by atoms with E-state index in [1.54, 1.807) is 5.56 Å². The number of aryl methyl sites for hydroxylation is 2. The minimum absolute atomic E-state index is 1.26. The fourth-order valence-electron chi connectivity index (χ4n) is 3.92. The molecular weight excluding hydrogens is 314 g/mol.